The first-order valence-electron chi connectivity index (χ1n) is 10.1. The van der Waals surface area contributed by atoms with Crippen LogP contribution in [-0.2, 0) is 15.7 Å². The summed E-state index contributed by atoms with van der Waals surface area (Å²) in [6, 6.07) is 9.78. The van der Waals surface area contributed by atoms with Crippen LogP contribution in [0, 0.1) is 0 Å². The zero-order chi connectivity index (χ0) is 19.8. The highest BCUT2D eigenvalue weighted by Gasteiger charge is 2.30. The first-order valence-corrected chi connectivity index (χ1v) is 12.7. The molecule has 27 heavy (non-hydrogen) atoms. The van der Waals surface area contributed by atoms with E-state index in [0.29, 0.717) is 38.0 Å². The molecule has 1 atom stereocenters. The molecule has 1 aromatic rings. The topological polar surface area (TPSA) is 41.6 Å². The normalized spacial score (nSPS) is 13.8. The third kappa shape index (κ3) is 10.9. The predicted molar refractivity (Wildman–Crippen MR) is 118 cm³/mol. The molecule has 0 amide bonds. The minimum absolute atomic E-state index is 0.295. The number of nitrogens with zero attached hydrogens (tertiary/aromatic N) is 1. The van der Waals surface area contributed by atoms with Crippen LogP contribution in [0.15, 0.2) is 30.3 Å². The Morgan fingerprint density at radius 3 is 2.15 bits per heavy atom. The lowest BCUT2D eigenvalue weighted by Crippen LogP contribution is -2.33. The standard InChI is InChI=1S/C20H35Cl2N2O2P/c1-2-3-4-5-6-7-11-16-23-27(25,24(17-14-21)18-15-22)26-19-20-12-9-8-10-13-20/h8-10,12-13H,2-7,11,14-19H2,1H3,(H,23,25)/t27-/m0/s1. The molecule has 0 spiro atoms. The molecule has 1 aromatic carbocycles. The van der Waals surface area contributed by atoms with Gasteiger partial charge in [0.2, 0.25) is 0 Å². The van der Waals surface area contributed by atoms with Gasteiger partial charge in [0.25, 0.3) is 0 Å². The van der Waals surface area contributed by atoms with Gasteiger partial charge in [-0.3, -0.25) is 4.57 Å². The molecule has 7 heteroatoms. The Labute approximate surface area is 175 Å². The zero-order valence-electron chi connectivity index (χ0n) is 16.5. The van der Waals surface area contributed by atoms with Gasteiger partial charge in [-0.15, -0.1) is 23.2 Å². The van der Waals surface area contributed by atoms with E-state index in [1.165, 1.54) is 32.1 Å². The van der Waals surface area contributed by atoms with Crippen LogP contribution in [0.4, 0.5) is 0 Å². The van der Waals surface area contributed by atoms with E-state index in [9.17, 15) is 4.57 Å². The molecule has 0 unspecified atom stereocenters. The number of hydrogen-bond acceptors (Lipinski definition) is 2. The van der Waals surface area contributed by atoms with Crippen molar-refractivity contribution in [3.05, 3.63) is 35.9 Å². The second-order valence-electron chi connectivity index (χ2n) is 6.64. The molecule has 0 aliphatic rings. The Bertz CT molecular complexity index is 514. The molecule has 0 saturated carbocycles. The van der Waals surface area contributed by atoms with E-state index in [0.717, 1.165) is 18.4 Å². The third-order valence-electron chi connectivity index (χ3n) is 4.40. The van der Waals surface area contributed by atoms with Crippen molar-refractivity contribution in [2.24, 2.45) is 0 Å². The number of rotatable bonds is 17. The van der Waals surface area contributed by atoms with Gasteiger partial charge >= 0.3 is 7.67 Å². The van der Waals surface area contributed by atoms with Crippen molar-refractivity contribution in [2.75, 3.05) is 31.4 Å². The van der Waals surface area contributed by atoms with Crippen LogP contribution in [0.5, 0.6) is 0 Å². The van der Waals surface area contributed by atoms with Crippen molar-refractivity contribution < 1.29 is 9.09 Å². The summed E-state index contributed by atoms with van der Waals surface area (Å²) in [7, 11) is -3.18. The molecular weight excluding hydrogens is 402 g/mol. The highest BCUT2D eigenvalue weighted by molar-refractivity contribution is 7.54. The summed E-state index contributed by atoms with van der Waals surface area (Å²) in [5.41, 5.74) is 0.993. The van der Waals surface area contributed by atoms with Crippen LogP contribution in [-0.4, -0.2) is 36.1 Å². The first kappa shape index (κ1) is 24.9. The van der Waals surface area contributed by atoms with Crippen LogP contribution >= 0.6 is 30.9 Å². The summed E-state index contributed by atoms with van der Waals surface area (Å²) in [4.78, 5) is 0. The molecule has 0 bridgehead atoms. The maximum Gasteiger partial charge on any atom is 0.343 e. The second kappa shape index (κ2) is 15.8. The molecule has 4 nitrogen and oxygen atoms in total. The van der Waals surface area contributed by atoms with Gasteiger partial charge in [0.1, 0.15) is 0 Å². The van der Waals surface area contributed by atoms with E-state index in [1.807, 2.05) is 30.3 Å². The number of alkyl halides is 2. The molecule has 1 N–H and O–H groups in total. The van der Waals surface area contributed by atoms with E-state index in [4.69, 9.17) is 27.7 Å². The highest BCUT2D eigenvalue weighted by atomic mass is 35.5. The fourth-order valence-electron chi connectivity index (χ4n) is 2.84. The highest BCUT2D eigenvalue weighted by Crippen LogP contribution is 2.47. The van der Waals surface area contributed by atoms with Crippen LogP contribution in [0.3, 0.4) is 0 Å². The molecule has 0 radical (unpaired) electrons. The summed E-state index contributed by atoms with van der Waals surface area (Å²) in [5.74, 6) is 0.767. The SMILES string of the molecule is CCCCCCCCCN[P@](=O)(OCc1ccccc1)N(CCCl)CCCl. The molecule has 0 fully saturated rings. The maximum atomic E-state index is 13.5. The lowest BCUT2D eigenvalue weighted by molar-refractivity contribution is 0.247. The van der Waals surface area contributed by atoms with Crippen molar-refractivity contribution in [3.8, 4) is 0 Å². The summed E-state index contributed by atoms with van der Waals surface area (Å²) < 4.78 is 21.2. The van der Waals surface area contributed by atoms with E-state index in [1.54, 1.807) is 4.67 Å². The Hall–Kier alpha value is -0.0900. The fourth-order valence-corrected chi connectivity index (χ4v) is 5.43. The van der Waals surface area contributed by atoms with Crippen molar-refractivity contribution in [1.29, 1.82) is 0 Å². The Balaban J connectivity index is 2.54. The molecule has 1 rings (SSSR count). The van der Waals surface area contributed by atoms with Crippen LogP contribution in [0.2, 0.25) is 0 Å². The average molecular weight is 437 g/mol. The van der Waals surface area contributed by atoms with Crippen molar-refractivity contribution in [3.63, 3.8) is 0 Å². The largest absolute Gasteiger partial charge is 0.343 e. The summed E-state index contributed by atoms with van der Waals surface area (Å²) in [5, 5.41) is 3.18. The van der Waals surface area contributed by atoms with E-state index in [-0.39, 0.29) is 0 Å². The maximum absolute atomic E-state index is 13.5. The molecule has 0 saturated heterocycles. The van der Waals surface area contributed by atoms with Gasteiger partial charge in [-0.1, -0.05) is 75.8 Å². The second-order valence-corrected chi connectivity index (χ2v) is 9.58. The van der Waals surface area contributed by atoms with Crippen molar-refractivity contribution >= 4 is 30.9 Å². The number of unbranched alkanes of at least 4 members (excludes halogenated alkanes) is 6. The summed E-state index contributed by atoms with van der Waals surface area (Å²) >= 11 is 11.8. The van der Waals surface area contributed by atoms with Crippen LogP contribution < -0.4 is 5.09 Å². The third-order valence-corrected chi connectivity index (χ3v) is 6.98. The molecule has 0 aliphatic carbocycles. The number of benzene rings is 1. The van der Waals surface area contributed by atoms with Gasteiger partial charge in [-0.05, 0) is 12.0 Å². The Morgan fingerprint density at radius 1 is 0.963 bits per heavy atom. The lowest BCUT2D eigenvalue weighted by atomic mass is 10.1. The molecule has 0 aliphatic heterocycles. The number of nitrogens with one attached hydrogen (secondary N) is 1. The molecular formula is C20H35Cl2N2O2P. The van der Waals surface area contributed by atoms with Gasteiger partial charge in [0.15, 0.2) is 0 Å². The minimum Gasteiger partial charge on any atom is -0.301 e. The van der Waals surface area contributed by atoms with Gasteiger partial charge in [0, 0.05) is 31.4 Å². The van der Waals surface area contributed by atoms with E-state index in [2.05, 4.69) is 12.0 Å². The monoisotopic (exact) mass is 436 g/mol. The van der Waals surface area contributed by atoms with Crippen LogP contribution in [0.25, 0.3) is 0 Å². The average Bonchev–Trinajstić information content (AvgIpc) is 2.69. The van der Waals surface area contributed by atoms with E-state index < -0.39 is 7.67 Å². The summed E-state index contributed by atoms with van der Waals surface area (Å²) in [6.45, 7) is 4.14. The first-order chi connectivity index (χ1) is 13.2. The van der Waals surface area contributed by atoms with Crippen molar-refractivity contribution in [1.82, 2.24) is 9.76 Å². The van der Waals surface area contributed by atoms with E-state index >= 15 is 0 Å². The van der Waals surface area contributed by atoms with Gasteiger partial charge in [-0.2, -0.15) is 0 Å². The number of hydrogen-bond donors (Lipinski definition) is 1. The summed E-state index contributed by atoms with van der Waals surface area (Å²) in [6.07, 6.45) is 8.51. The predicted octanol–water partition coefficient (Wildman–Crippen LogP) is 6.43. The Kier molecular flexibility index (Phi) is 14.6. The molecule has 0 aromatic heterocycles. The smallest absolute Gasteiger partial charge is 0.301 e. The molecule has 0 heterocycles. The van der Waals surface area contributed by atoms with Crippen molar-refractivity contribution in [2.45, 2.75) is 58.5 Å². The van der Waals surface area contributed by atoms with Gasteiger partial charge in [0.05, 0.1) is 6.61 Å². The minimum atomic E-state index is -3.18. The van der Waals surface area contributed by atoms with Gasteiger partial charge in [-0.25, -0.2) is 9.76 Å². The lowest BCUT2D eigenvalue weighted by Gasteiger charge is -2.30. The quantitative estimate of drug-likeness (QED) is 0.173. The Morgan fingerprint density at radius 2 is 1.56 bits per heavy atom. The zero-order valence-corrected chi connectivity index (χ0v) is 19.0. The molecule has 156 valence electrons. The fraction of sp³-hybridized carbons (Fsp3) is 0.700. The van der Waals surface area contributed by atoms with Crippen LogP contribution in [0.1, 0.15) is 57.4 Å². The van der Waals surface area contributed by atoms with Gasteiger partial charge < -0.3 is 4.52 Å². The number of halogens is 2.